The Morgan fingerprint density at radius 3 is 2.06 bits per heavy atom. The third kappa shape index (κ3) is 2.84. The first-order chi connectivity index (χ1) is 17.1. The summed E-state index contributed by atoms with van der Waals surface area (Å²) in [6, 6.07) is 34.3. The smallest absolute Gasteiger partial charge is 0.373 e. The van der Waals surface area contributed by atoms with Crippen molar-refractivity contribution in [2.45, 2.75) is 19.3 Å². The molecule has 0 unspecified atom stereocenters. The highest BCUT2D eigenvalue weighted by Gasteiger charge is 2.39. The van der Waals surface area contributed by atoms with Gasteiger partial charge in [0.1, 0.15) is 5.76 Å². The van der Waals surface area contributed by atoms with E-state index < -0.39 is 0 Å². The Morgan fingerprint density at radius 1 is 0.714 bits per heavy atom. The van der Waals surface area contributed by atoms with Crippen LogP contribution in [0.15, 0.2) is 101 Å². The van der Waals surface area contributed by atoms with Gasteiger partial charge in [-0.3, -0.25) is 0 Å². The Bertz CT molecular complexity index is 1740. The molecule has 4 heteroatoms. The van der Waals surface area contributed by atoms with Crippen molar-refractivity contribution < 1.29 is 9.44 Å². The number of nitrogens with zero attached hydrogens (tertiary/aromatic N) is 1. The summed E-state index contributed by atoms with van der Waals surface area (Å²) >= 11 is 0. The van der Waals surface area contributed by atoms with Crippen LogP contribution in [0.25, 0.3) is 49.7 Å². The van der Waals surface area contributed by atoms with Crippen LogP contribution in [0.3, 0.4) is 0 Å². The van der Waals surface area contributed by atoms with Crippen LogP contribution < -0.4 is 5.66 Å². The molecule has 1 aliphatic heterocycles. The summed E-state index contributed by atoms with van der Waals surface area (Å²) in [5.74, 6) is 0.862. The summed E-state index contributed by atoms with van der Waals surface area (Å²) in [6.07, 6.45) is 0. The van der Waals surface area contributed by atoms with Crippen LogP contribution in [-0.4, -0.2) is 17.1 Å². The summed E-state index contributed by atoms with van der Waals surface area (Å²) in [7, 11) is 1.05. The number of furan rings is 1. The fourth-order valence-electron chi connectivity index (χ4n) is 5.68. The van der Waals surface area contributed by atoms with Crippen molar-refractivity contribution in [1.82, 2.24) is 4.57 Å². The number of rotatable bonds is 3. The highest BCUT2D eigenvalue weighted by atomic mass is 16.4. The Kier molecular flexibility index (Phi) is 4.21. The molecule has 1 N–H and O–H groups in total. The lowest BCUT2D eigenvalue weighted by molar-refractivity contribution is 0.437. The number of benzene rings is 4. The maximum Gasteiger partial charge on any atom is 0.373 e. The van der Waals surface area contributed by atoms with Crippen LogP contribution in [-0.2, 0) is 5.41 Å². The molecule has 35 heavy (non-hydrogen) atoms. The Hall–Kier alpha value is -4.02. The molecule has 4 aromatic carbocycles. The minimum absolute atomic E-state index is 0.369. The normalized spacial score (nSPS) is 13.8. The molecule has 0 amide bonds. The third-order valence-electron chi connectivity index (χ3n) is 7.42. The zero-order valence-electron chi connectivity index (χ0n) is 19.6. The molecule has 1 aliphatic rings. The van der Waals surface area contributed by atoms with Gasteiger partial charge in [0.25, 0.3) is 0 Å². The molecule has 0 spiro atoms. The molecular formula is C31H23BNO2. The Labute approximate surface area is 204 Å². The highest BCUT2D eigenvalue weighted by molar-refractivity contribution is 6.43. The van der Waals surface area contributed by atoms with Gasteiger partial charge in [-0.05, 0) is 72.0 Å². The van der Waals surface area contributed by atoms with Crippen molar-refractivity contribution in [2.75, 3.05) is 0 Å². The molecule has 3 heterocycles. The van der Waals surface area contributed by atoms with Crippen LogP contribution in [0.2, 0.25) is 0 Å². The zero-order valence-corrected chi connectivity index (χ0v) is 19.6. The van der Waals surface area contributed by atoms with Crippen LogP contribution in [0.4, 0.5) is 0 Å². The van der Waals surface area contributed by atoms with E-state index in [1.807, 2.05) is 12.1 Å². The van der Waals surface area contributed by atoms with Gasteiger partial charge < -0.3 is 14.0 Å². The van der Waals surface area contributed by atoms with E-state index in [1.165, 1.54) is 44.1 Å². The topological polar surface area (TPSA) is 38.3 Å². The molecule has 0 saturated carbocycles. The minimum Gasteiger partial charge on any atom is -0.470 e. The van der Waals surface area contributed by atoms with E-state index in [0.29, 0.717) is 5.66 Å². The van der Waals surface area contributed by atoms with Crippen molar-refractivity contribution >= 4 is 34.9 Å². The van der Waals surface area contributed by atoms with Crippen molar-refractivity contribution in [3.05, 3.63) is 108 Å². The Balaban J connectivity index is 1.64. The van der Waals surface area contributed by atoms with Gasteiger partial charge in [0.2, 0.25) is 0 Å². The lowest BCUT2D eigenvalue weighted by Crippen LogP contribution is -2.25. The molecule has 0 atom stereocenters. The standard InChI is InChI=1S/C31H23BNO2/c1-31(2)25-17-22(20-11-7-4-8-12-20)16-24-23-15-21(19-9-5-3-6-10-19)13-14-26(23)33(29(24)25)27-18-28(32-34)35-30(27)31/h3-18,34H,1-2H3. The first-order valence-electron chi connectivity index (χ1n) is 11.9. The molecule has 2 aromatic heterocycles. The fraction of sp³-hybridized carbons (Fsp3) is 0.0968. The van der Waals surface area contributed by atoms with E-state index in [0.717, 1.165) is 24.4 Å². The van der Waals surface area contributed by atoms with Gasteiger partial charge in [0.15, 0.2) is 0 Å². The quantitative estimate of drug-likeness (QED) is 0.308. The average Bonchev–Trinajstić information content (AvgIpc) is 3.48. The van der Waals surface area contributed by atoms with Gasteiger partial charge in [-0.1, -0.05) is 66.7 Å². The number of fused-ring (bicyclic) bond motifs is 5. The van der Waals surface area contributed by atoms with Crippen LogP contribution in [0.5, 0.6) is 0 Å². The second kappa shape index (κ2) is 7.24. The van der Waals surface area contributed by atoms with Gasteiger partial charge in [-0.15, -0.1) is 0 Å². The zero-order chi connectivity index (χ0) is 23.7. The lowest BCUT2D eigenvalue weighted by atomic mass is 9.77. The molecule has 3 nitrogen and oxygen atoms in total. The predicted octanol–water partition coefficient (Wildman–Crippen LogP) is 6.59. The van der Waals surface area contributed by atoms with Crippen molar-refractivity contribution in [3.63, 3.8) is 0 Å². The van der Waals surface area contributed by atoms with Gasteiger partial charge in [-0.2, -0.15) is 0 Å². The van der Waals surface area contributed by atoms with Gasteiger partial charge in [0.05, 0.1) is 27.8 Å². The summed E-state index contributed by atoms with van der Waals surface area (Å²) in [5, 5.41) is 12.2. The van der Waals surface area contributed by atoms with Crippen LogP contribution in [0.1, 0.15) is 25.2 Å². The van der Waals surface area contributed by atoms with Crippen LogP contribution in [0, 0.1) is 0 Å². The van der Waals surface area contributed by atoms with Crippen molar-refractivity contribution in [1.29, 1.82) is 0 Å². The maximum atomic E-state index is 9.76. The average molecular weight is 452 g/mol. The molecule has 0 saturated heterocycles. The molecule has 0 bridgehead atoms. The molecular weight excluding hydrogens is 429 g/mol. The number of aromatic nitrogens is 1. The van der Waals surface area contributed by atoms with Gasteiger partial charge in [0, 0.05) is 10.8 Å². The van der Waals surface area contributed by atoms with Gasteiger partial charge >= 0.3 is 7.48 Å². The first kappa shape index (κ1) is 20.4. The van der Waals surface area contributed by atoms with E-state index in [2.05, 4.69) is 103 Å². The minimum atomic E-state index is -0.369. The summed E-state index contributed by atoms with van der Waals surface area (Å²) < 4.78 is 8.50. The number of hydrogen-bond acceptors (Lipinski definition) is 2. The highest BCUT2D eigenvalue weighted by Crippen LogP contribution is 2.49. The molecule has 1 radical (unpaired) electrons. The van der Waals surface area contributed by atoms with E-state index in [-0.39, 0.29) is 5.41 Å². The molecule has 0 aliphatic carbocycles. The first-order valence-corrected chi connectivity index (χ1v) is 11.9. The second-order valence-electron chi connectivity index (χ2n) is 9.84. The van der Waals surface area contributed by atoms with Crippen molar-refractivity contribution in [2.24, 2.45) is 0 Å². The van der Waals surface area contributed by atoms with E-state index >= 15 is 0 Å². The summed E-state index contributed by atoms with van der Waals surface area (Å²) in [4.78, 5) is 0. The fourth-order valence-corrected chi connectivity index (χ4v) is 5.68. The van der Waals surface area contributed by atoms with Gasteiger partial charge in [-0.25, -0.2) is 0 Å². The third-order valence-corrected chi connectivity index (χ3v) is 7.42. The van der Waals surface area contributed by atoms with E-state index in [4.69, 9.17) is 4.42 Å². The number of hydrogen-bond donors (Lipinski definition) is 1. The SMILES string of the molecule is CC1(C)c2oc([B]O)cc2-n2c3ccc(-c4ccccc4)cc3c3cc(-c4ccccc4)cc1c32. The maximum absolute atomic E-state index is 9.76. The summed E-state index contributed by atoms with van der Waals surface area (Å²) in [5.41, 5.74) is 9.42. The van der Waals surface area contributed by atoms with Crippen molar-refractivity contribution in [3.8, 4) is 27.9 Å². The lowest BCUT2D eigenvalue weighted by Gasteiger charge is -2.31. The molecule has 167 valence electrons. The Morgan fingerprint density at radius 2 is 1.37 bits per heavy atom. The monoisotopic (exact) mass is 452 g/mol. The summed E-state index contributed by atoms with van der Waals surface area (Å²) in [6.45, 7) is 4.41. The van der Waals surface area contributed by atoms with Crippen LogP contribution >= 0.6 is 0 Å². The molecule has 6 aromatic rings. The van der Waals surface area contributed by atoms with E-state index in [1.54, 1.807) is 0 Å². The predicted molar refractivity (Wildman–Crippen MR) is 144 cm³/mol. The molecule has 7 rings (SSSR count). The van der Waals surface area contributed by atoms with E-state index in [9.17, 15) is 5.02 Å². The second-order valence-corrected chi connectivity index (χ2v) is 9.84. The largest absolute Gasteiger partial charge is 0.470 e. The molecule has 0 fully saturated rings.